The average Bonchev–Trinajstić information content (AvgIpc) is 3.03. The van der Waals surface area contributed by atoms with Crippen molar-refractivity contribution in [3.05, 3.63) is 47.4 Å². The minimum absolute atomic E-state index is 0.550. The Hall–Kier alpha value is -2.43. The highest BCUT2D eigenvalue weighted by Gasteiger charge is 2.22. The Balaban J connectivity index is 1.89. The molecule has 0 spiro atoms. The maximum atomic E-state index is 5.79. The first-order chi connectivity index (χ1) is 9.31. The van der Waals surface area contributed by atoms with E-state index in [4.69, 9.17) is 4.42 Å². The molecule has 0 fully saturated rings. The molecular weight excluding hydrogens is 240 g/mol. The molecule has 5 nitrogen and oxygen atoms in total. The van der Waals surface area contributed by atoms with Crippen molar-refractivity contribution in [3.8, 4) is 0 Å². The van der Waals surface area contributed by atoms with Crippen LogP contribution in [-0.4, -0.2) is 27.2 Å². The number of oxazole rings is 1. The van der Waals surface area contributed by atoms with Gasteiger partial charge in [0.05, 0.1) is 6.33 Å². The quantitative estimate of drug-likeness (QED) is 0.722. The Morgan fingerprint density at radius 1 is 1.32 bits per heavy atom. The molecule has 0 aliphatic carbocycles. The highest BCUT2D eigenvalue weighted by Crippen LogP contribution is 2.21. The number of hydrogen-bond donors (Lipinski definition) is 1. The summed E-state index contributed by atoms with van der Waals surface area (Å²) in [6.07, 6.45) is 2.58. The predicted molar refractivity (Wildman–Crippen MR) is 71.5 cm³/mol. The molecule has 1 N–H and O–H groups in total. The third-order valence-corrected chi connectivity index (χ3v) is 3.32. The molecule has 4 rings (SSSR count). The van der Waals surface area contributed by atoms with Crippen molar-refractivity contribution in [3.63, 3.8) is 0 Å². The van der Waals surface area contributed by atoms with Gasteiger partial charge in [-0.3, -0.25) is 4.99 Å². The molecule has 19 heavy (non-hydrogen) atoms. The second-order valence-corrected chi connectivity index (χ2v) is 4.70. The molecule has 0 bridgehead atoms. The van der Waals surface area contributed by atoms with Crippen LogP contribution in [0.25, 0.3) is 11.1 Å². The van der Waals surface area contributed by atoms with Crippen molar-refractivity contribution in [2.45, 2.75) is 13.3 Å². The molecule has 0 saturated carbocycles. The fraction of sp³-hybridized carbons (Fsp3) is 0.214. The van der Waals surface area contributed by atoms with Gasteiger partial charge in [0.2, 0.25) is 5.89 Å². The van der Waals surface area contributed by atoms with Gasteiger partial charge in [-0.15, -0.1) is 0 Å². The first-order valence-electron chi connectivity index (χ1n) is 6.26. The number of rotatable bonds is 1. The van der Waals surface area contributed by atoms with Crippen LogP contribution in [0, 0.1) is 6.92 Å². The van der Waals surface area contributed by atoms with Gasteiger partial charge in [0.15, 0.2) is 5.58 Å². The van der Waals surface area contributed by atoms with Crippen molar-refractivity contribution in [1.82, 2.24) is 15.0 Å². The summed E-state index contributed by atoms with van der Waals surface area (Å²) in [5.74, 6) is 0.550. The number of fused-ring (bicyclic) bond motifs is 2. The van der Waals surface area contributed by atoms with Crippen LogP contribution >= 0.6 is 0 Å². The normalized spacial score (nSPS) is 14.5. The number of aromatic amines is 1. The zero-order chi connectivity index (χ0) is 12.8. The van der Waals surface area contributed by atoms with Gasteiger partial charge >= 0.3 is 0 Å². The second kappa shape index (κ2) is 3.78. The Kier molecular flexibility index (Phi) is 2.09. The lowest BCUT2D eigenvalue weighted by molar-refractivity contribution is 0.588. The van der Waals surface area contributed by atoms with Crippen LogP contribution in [0.4, 0.5) is 0 Å². The molecule has 94 valence electrons. The summed E-state index contributed by atoms with van der Waals surface area (Å²) in [7, 11) is 0. The van der Waals surface area contributed by atoms with E-state index in [9.17, 15) is 0 Å². The first kappa shape index (κ1) is 10.5. The van der Waals surface area contributed by atoms with E-state index in [1.165, 1.54) is 5.56 Å². The number of benzene rings is 1. The second-order valence-electron chi connectivity index (χ2n) is 4.70. The van der Waals surface area contributed by atoms with E-state index in [-0.39, 0.29) is 0 Å². The van der Waals surface area contributed by atoms with E-state index in [2.05, 4.69) is 19.9 Å². The molecule has 5 heteroatoms. The number of aromatic nitrogens is 3. The maximum absolute atomic E-state index is 5.79. The SMILES string of the molecule is Cc1ccc2oc(C3=NCCc4[nH]cnc43)nc2c1. The molecule has 1 aromatic carbocycles. The molecule has 3 heterocycles. The average molecular weight is 252 g/mol. The lowest BCUT2D eigenvalue weighted by Gasteiger charge is -2.08. The van der Waals surface area contributed by atoms with Gasteiger partial charge in [-0.25, -0.2) is 9.97 Å². The summed E-state index contributed by atoms with van der Waals surface area (Å²) in [5.41, 5.74) is 5.51. The summed E-state index contributed by atoms with van der Waals surface area (Å²) < 4.78 is 5.79. The van der Waals surface area contributed by atoms with Crippen LogP contribution in [-0.2, 0) is 6.42 Å². The summed E-state index contributed by atoms with van der Waals surface area (Å²) in [4.78, 5) is 16.5. The standard InChI is InChI=1S/C14H12N4O/c1-8-2-3-11-10(6-8)18-14(19-11)13-12-9(4-5-15-13)16-7-17-12/h2-3,6-7H,4-5H2,1H3,(H,16,17). The van der Waals surface area contributed by atoms with Gasteiger partial charge in [-0.1, -0.05) is 6.07 Å². The van der Waals surface area contributed by atoms with Gasteiger partial charge in [-0.2, -0.15) is 0 Å². The van der Waals surface area contributed by atoms with Gasteiger partial charge in [0, 0.05) is 18.7 Å². The minimum Gasteiger partial charge on any atom is -0.435 e. The Morgan fingerprint density at radius 2 is 2.26 bits per heavy atom. The van der Waals surface area contributed by atoms with Crippen molar-refractivity contribution >= 4 is 16.8 Å². The lowest BCUT2D eigenvalue weighted by atomic mass is 10.1. The van der Waals surface area contributed by atoms with Crippen LogP contribution in [0.3, 0.4) is 0 Å². The fourth-order valence-electron chi connectivity index (χ4n) is 2.38. The maximum Gasteiger partial charge on any atom is 0.248 e. The third-order valence-electron chi connectivity index (χ3n) is 3.32. The van der Waals surface area contributed by atoms with Crippen LogP contribution < -0.4 is 0 Å². The van der Waals surface area contributed by atoms with Gasteiger partial charge in [0.1, 0.15) is 16.9 Å². The highest BCUT2D eigenvalue weighted by molar-refractivity contribution is 6.10. The van der Waals surface area contributed by atoms with E-state index >= 15 is 0 Å². The number of H-pyrrole nitrogens is 1. The number of nitrogens with zero attached hydrogens (tertiary/aromatic N) is 3. The van der Waals surface area contributed by atoms with Crippen molar-refractivity contribution in [1.29, 1.82) is 0 Å². The van der Waals surface area contributed by atoms with E-state index < -0.39 is 0 Å². The predicted octanol–water partition coefficient (Wildman–Crippen LogP) is 2.25. The molecule has 1 aliphatic heterocycles. The molecular formula is C14H12N4O. The zero-order valence-electron chi connectivity index (χ0n) is 10.5. The van der Waals surface area contributed by atoms with E-state index in [0.717, 1.165) is 41.2 Å². The molecule has 2 aromatic heterocycles. The van der Waals surface area contributed by atoms with Crippen molar-refractivity contribution in [2.75, 3.05) is 6.54 Å². The minimum atomic E-state index is 0.550. The van der Waals surface area contributed by atoms with Crippen molar-refractivity contribution in [2.24, 2.45) is 4.99 Å². The number of hydrogen-bond acceptors (Lipinski definition) is 4. The van der Waals surface area contributed by atoms with E-state index in [1.807, 2.05) is 25.1 Å². The Morgan fingerprint density at radius 3 is 3.21 bits per heavy atom. The van der Waals surface area contributed by atoms with Crippen LogP contribution in [0.5, 0.6) is 0 Å². The van der Waals surface area contributed by atoms with Crippen molar-refractivity contribution < 1.29 is 4.42 Å². The van der Waals surface area contributed by atoms with Crippen LogP contribution in [0.2, 0.25) is 0 Å². The molecule has 0 saturated heterocycles. The summed E-state index contributed by atoms with van der Waals surface area (Å²) in [6.45, 7) is 2.78. The van der Waals surface area contributed by atoms with Crippen LogP contribution in [0.15, 0.2) is 33.9 Å². The number of imidazole rings is 1. The fourth-order valence-corrected chi connectivity index (χ4v) is 2.38. The van der Waals surface area contributed by atoms with E-state index in [1.54, 1.807) is 6.33 Å². The molecule has 0 atom stereocenters. The Bertz CT molecular complexity index is 797. The van der Waals surface area contributed by atoms with E-state index in [0.29, 0.717) is 5.89 Å². The smallest absolute Gasteiger partial charge is 0.248 e. The lowest BCUT2D eigenvalue weighted by Crippen LogP contribution is -2.14. The summed E-state index contributed by atoms with van der Waals surface area (Å²) >= 11 is 0. The van der Waals surface area contributed by atoms with Gasteiger partial charge in [0.25, 0.3) is 0 Å². The highest BCUT2D eigenvalue weighted by atomic mass is 16.3. The summed E-state index contributed by atoms with van der Waals surface area (Å²) in [6, 6.07) is 5.97. The topological polar surface area (TPSA) is 67.1 Å². The molecule has 0 amide bonds. The third kappa shape index (κ3) is 1.58. The molecule has 1 aliphatic rings. The molecule has 3 aromatic rings. The van der Waals surface area contributed by atoms with Gasteiger partial charge in [-0.05, 0) is 24.6 Å². The monoisotopic (exact) mass is 252 g/mol. The number of aliphatic imine (C=N–C) groups is 1. The van der Waals surface area contributed by atoms with Crippen LogP contribution in [0.1, 0.15) is 22.8 Å². The number of nitrogens with one attached hydrogen (secondary N) is 1. The Labute approximate surface area is 109 Å². The summed E-state index contributed by atoms with van der Waals surface area (Å²) in [5, 5.41) is 0. The largest absolute Gasteiger partial charge is 0.435 e. The first-order valence-corrected chi connectivity index (χ1v) is 6.26. The molecule has 0 unspecified atom stereocenters. The molecule has 0 radical (unpaired) electrons. The zero-order valence-corrected chi connectivity index (χ0v) is 10.5. The number of aryl methyl sites for hydroxylation is 1. The van der Waals surface area contributed by atoms with Gasteiger partial charge < -0.3 is 9.40 Å².